The van der Waals surface area contributed by atoms with Crippen LogP contribution in [-0.2, 0) is 4.79 Å². The summed E-state index contributed by atoms with van der Waals surface area (Å²) in [6, 6.07) is 0.132. The first-order valence-electron chi connectivity index (χ1n) is 2.72. The van der Waals surface area contributed by atoms with E-state index >= 15 is 0 Å². The maximum absolute atomic E-state index is 9.99. The molecule has 2 heteroatoms. The Morgan fingerprint density at radius 3 is 2.50 bits per heavy atom. The van der Waals surface area contributed by atoms with Crippen LogP contribution in [0.25, 0.3) is 0 Å². The van der Waals surface area contributed by atoms with Crippen LogP contribution in [0.1, 0.15) is 13.3 Å². The molecule has 1 radical (unpaired) electrons. The van der Waals surface area contributed by atoms with Crippen LogP contribution in [0.5, 0.6) is 0 Å². The van der Waals surface area contributed by atoms with Gasteiger partial charge in [-0.3, -0.25) is 4.79 Å². The minimum absolute atomic E-state index is 0.132. The first kappa shape index (κ1) is 7.47. The predicted molar refractivity (Wildman–Crippen MR) is 33.3 cm³/mol. The Morgan fingerprint density at radius 1 is 1.88 bits per heavy atom. The van der Waals surface area contributed by atoms with Crippen molar-refractivity contribution in [1.82, 2.24) is 4.90 Å². The third-order valence-electron chi connectivity index (χ3n) is 1.21. The summed E-state index contributed by atoms with van der Waals surface area (Å²) >= 11 is 0. The molecule has 8 heavy (non-hydrogen) atoms. The number of amides is 1. The largest absolute Gasteiger partial charge is 0.345 e. The Labute approximate surface area is 50.5 Å². The quantitative estimate of drug-likeness (QED) is 0.494. The molecule has 0 spiro atoms. The SMILES string of the molecule is [CH2]C(CC)N(C)C=O. The molecule has 0 aromatic carbocycles. The monoisotopic (exact) mass is 114 g/mol. The molecular formula is C6H12NO. The molecule has 0 N–H and O–H groups in total. The van der Waals surface area contributed by atoms with Gasteiger partial charge in [0.2, 0.25) is 6.41 Å². The molecule has 1 amide bonds. The van der Waals surface area contributed by atoms with E-state index in [1.807, 2.05) is 6.92 Å². The summed E-state index contributed by atoms with van der Waals surface area (Å²) < 4.78 is 0. The van der Waals surface area contributed by atoms with Gasteiger partial charge in [-0.2, -0.15) is 0 Å². The second kappa shape index (κ2) is 3.47. The summed E-state index contributed by atoms with van der Waals surface area (Å²) in [4.78, 5) is 11.5. The van der Waals surface area contributed by atoms with Gasteiger partial charge in [-0.15, -0.1) is 0 Å². The lowest BCUT2D eigenvalue weighted by atomic mass is 10.2. The lowest BCUT2D eigenvalue weighted by Gasteiger charge is -2.17. The molecule has 0 aliphatic heterocycles. The molecule has 0 saturated carbocycles. The molecule has 0 saturated heterocycles. The van der Waals surface area contributed by atoms with E-state index in [1.54, 1.807) is 11.9 Å². The molecule has 2 nitrogen and oxygen atoms in total. The van der Waals surface area contributed by atoms with Gasteiger partial charge in [0.25, 0.3) is 0 Å². The summed E-state index contributed by atoms with van der Waals surface area (Å²) in [6.07, 6.45) is 1.70. The highest BCUT2D eigenvalue weighted by atomic mass is 16.1. The summed E-state index contributed by atoms with van der Waals surface area (Å²) in [5.41, 5.74) is 0. The molecule has 0 bridgehead atoms. The summed E-state index contributed by atoms with van der Waals surface area (Å²) in [7, 11) is 1.73. The van der Waals surface area contributed by atoms with E-state index in [0.29, 0.717) is 0 Å². The van der Waals surface area contributed by atoms with Crippen LogP contribution in [0, 0.1) is 6.92 Å². The maximum Gasteiger partial charge on any atom is 0.209 e. The van der Waals surface area contributed by atoms with Gasteiger partial charge in [-0.05, 0) is 13.3 Å². The second-order valence-electron chi connectivity index (χ2n) is 1.83. The van der Waals surface area contributed by atoms with Crippen LogP contribution in [0.2, 0.25) is 0 Å². The topological polar surface area (TPSA) is 20.3 Å². The normalized spacial score (nSPS) is 12.9. The second-order valence-corrected chi connectivity index (χ2v) is 1.83. The summed E-state index contributed by atoms with van der Waals surface area (Å²) in [5, 5.41) is 0. The van der Waals surface area contributed by atoms with Gasteiger partial charge >= 0.3 is 0 Å². The van der Waals surface area contributed by atoms with Crippen molar-refractivity contribution in [2.24, 2.45) is 0 Å². The Morgan fingerprint density at radius 2 is 2.38 bits per heavy atom. The number of hydrogen-bond donors (Lipinski definition) is 0. The van der Waals surface area contributed by atoms with Crippen molar-refractivity contribution < 1.29 is 4.79 Å². The lowest BCUT2D eigenvalue weighted by molar-refractivity contribution is -0.118. The highest BCUT2D eigenvalue weighted by molar-refractivity contribution is 5.47. The van der Waals surface area contributed by atoms with Crippen molar-refractivity contribution in [2.75, 3.05) is 7.05 Å². The van der Waals surface area contributed by atoms with Crippen molar-refractivity contribution in [2.45, 2.75) is 19.4 Å². The Hall–Kier alpha value is -0.530. The van der Waals surface area contributed by atoms with E-state index in [-0.39, 0.29) is 6.04 Å². The van der Waals surface area contributed by atoms with Crippen molar-refractivity contribution >= 4 is 6.41 Å². The van der Waals surface area contributed by atoms with Crippen molar-refractivity contribution in [3.63, 3.8) is 0 Å². The predicted octanol–water partition coefficient (Wildman–Crippen LogP) is 0.687. The van der Waals surface area contributed by atoms with Crippen LogP contribution in [0.15, 0.2) is 0 Å². The van der Waals surface area contributed by atoms with Gasteiger partial charge in [-0.25, -0.2) is 0 Å². The van der Waals surface area contributed by atoms with Crippen LogP contribution in [-0.4, -0.2) is 24.4 Å². The molecule has 0 fully saturated rings. The Balaban J connectivity index is 3.44. The van der Waals surface area contributed by atoms with E-state index in [4.69, 9.17) is 0 Å². The molecule has 1 unspecified atom stereocenters. The highest BCUT2D eigenvalue weighted by Gasteiger charge is 2.00. The van der Waals surface area contributed by atoms with Crippen LogP contribution in [0.3, 0.4) is 0 Å². The van der Waals surface area contributed by atoms with Gasteiger partial charge < -0.3 is 4.90 Å². The number of hydrogen-bond acceptors (Lipinski definition) is 1. The smallest absolute Gasteiger partial charge is 0.209 e. The first-order chi connectivity index (χ1) is 3.72. The minimum atomic E-state index is 0.132. The highest BCUT2D eigenvalue weighted by Crippen LogP contribution is 1.94. The number of nitrogens with zero attached hydrogens (tertiary/aromatic N) is 1. The van der Waals surface area contributed by atoms with Crippen molar-refractivity contribution in [3.8, 4) is 0 Å². The maximum atomic E-state index is 9.99. The zero-order chi connectivity index (χ0) is 6.57. The average Bonchev–Trinajstić information content (AvgIpc) is 1.84. The van der Waals surface area contributed by atoms with Gasteiger partial charge in [0, 0.05) is 13.1 Å². The van der Waals surface area contributed by atoms with E-state index in [0.717, 1.165) is 12.8 Å². The van der Waals surface area contributed by atoms with Crippen molar-refractivity contribution in [1.29, 1.82) is 0 Å². The van der Waals surface area contributed by atoms with Gasteiger partial charge in [0.05, 0.1) is 0 Å². The van der Waals surface area contributed by atoms with Gasteiger partial charge in [0.15, 0.2) is 0 Å². The van der Waals surface area contributed by atoms with Gasteiger partial charge in [-0.1, -0.05) is 6.92 Å². The number of rotatable bonds is 3. The van der Waals surface area contributed by atoms with Crippen LogP contribution in [0.4, 0.5) is 0 Å². The molecular weight excluding hydrogens is 102 g/mol. The first-order valence-corrected chi connectivity index (χ1v) is 2.72. The third kappa shape index (κ3) is 1.96. The van der Waals surface area contributed by atoms with Crippen LogP contribution < -0.4 is 0 Å². The molecule has 0 heterocycles. The molecule has 1 atom stereocenters. The fourth-order valence-corrected chi connectivity index (χ4v) is 0.374. The summed E-state index contributed by atoms with van der Waals surface area (Å²) in [6.45, 7) is 5.72. The molecule has 0 rings (SSSR count). The zero-order valence-electron chi connectivity index (χ0n) is 5.42. The molecule has 0 aliphatic carbocycles. The zero-order valence-corrected chi connectivity index (χ0v) is 5.42. The lowest BCUT2D eigenvalue weighted by Crippen LogP contribution is -2.26. The van der Waals surface area contributed by atoms with E-state index in [9.17, 15) is 4.79 Å². The fraction of sp³-hybridized carbons (Fsp3) is 0.667. The summed E-state index contributed by atoms with van der Waals surface area (Å²) in [5.74, 6) is 0. The molecule has 0 aromatic heterocycles. The van der Waals surface area contributed by atoms with Crippen molar-refractivity contribution in [3.05, 3.63) is 6.92 Å². The molecule has 47 valence electrons. The Kier molecular flexibility index (Phi) is 3.24. The number of carbonyl (C=O) groups is 1. The van der Waals surface area contributed by atoms with Gasteiger partial charge in [0.1, 0.15) is 0 Å². The molecule has 0 aliphatic rings. The van der Waals surface area contributed by atoms with E-state index < -0.39 is 0 Å². The van der Waals surface area contributed by atoms with E-state index in [1.165, 1.54) is 0 Å². The Bertz CT molecular complexity index is 72.9. The van der Waals surface area contributed by atoms with E-state index in [2.05, 4.69) is 6.92 Å². The minimum Gasteiger partial charge on any atom is -0.345 e. The average molecular weight is 114 g/mol. The third-order valence-corrected chi connectivity index (χ3v) is 1.21. The fourth-order valence-electron chi connectivity index (χ4n) is 0.374. The standard InChI is InChI=1S/C6H12NO/c1-4-6(2)7(3)5-8/h5-6H,2,4H2,1,3H3. The molecule has 0 aromatic rings. The number of carbonyl (C=O) groups excluding carboxylic acids is 1. The van der Waals surface area contributed by atoms with Crippen LogP contribution >= 0.6 is 0 Å².